The predicted molar refractivity (Wildman–Crippen MR) is 56.0 cm³/mol. The van der Waals surface area contributed by atoms with Crippen LogP contribution in [0.3, 0.4) is 0 Å². The summed E-state index contributed by atoms with van der Waals surface area (Å²) in [6.07, 6.45) is 1.14. The molecule has 1 aromatic rings. The van der Waals surface area contributed by atoms with E-state index in [0.29, 0.717) is 11.4 Å². The number of hydrogen-bond donors (Lipinski definition) is 1. The lowest BCUT2D eigenvalue weighted by molar-refractivity contribution is 0.276. The zero-order valence-electron chi connectivity index (χ0n) is 8.93. The highest BCUT2D eigenvalue weighted by Gasteiger charge is 2.20. The molecule has 0 spiro atoms. The molecule has 0 bridgehead atoms. The van der Waals surface area contributed by atoms with E-state index in [1.807, 2.05) is 0 Å². The molecular formula is C9H14N2O3S. The molecule has 1 heterocycles. The monoisotopic (exact) mass is 230 g/mol. The summed E-state index contributed by atoms with van der Waals surface area (Å²) in [5.41, 5.74) is 1.09. The van der Waals surface area contributed by atoms with Crippen LogP contribution in [0.1, 0.15) is 29.4 Å². The van der Waals surface area contributed by atoms with E-state index in [-0.39, 0.29) is 12.4 Å². The average Bonchev–Trinajstić information content (AvgIpc) is 2.14. The van der Waals surface area contributed by atoms with Crippen molar-refractivity contribution in [1.82, 2.24) is 9.97 Å². The molecule has 15 heavy (non-hydrogen) atoms. The van der Waals surface area contributed by atoms with Crippen molar-refractivity contribution < 1.29 is 13.5 Å². The summed E-state index contributed by atoms with van der Waals surface area (Å²) in [5, 5.41) is 8.18. The Morgan fingerprint density at radius 1 is 1.47 bits per heavy atom. The van der Waals surface area contributed by atoms with Gasteiger partial charge in [-0.2, -0.15) is 0 Å². The summed E-state index contributed by atoms with van der Waals surface area (Å²) in [7, 11) is -3.20. The van der Waals surface area contributed by atoms with Crippen molar-refractivity contribution in [2.24, 2.45) is 0 Å². The third-order valence-corrected chi connectivity index (χ3v) is 3.59. The number of nitrogens with zero attached hydrogens (tertiary/aromatic N) is 2. The van der Waals surface area contributed by atoms with Gasteiger partial charge in [-0.15, -0.1) is 0 Å². The van der Waals surface area contributed by atoms with Gasteiger partial charge in [0.1, 0.15) is 11.1 Å². The first-order chi connectivity index (χ1) is 6.84. The molecule has 0 aromatic carbocycles. The van der Waals surface area contributed by atoms with Crippen LogP contribution in [0.25, 0.3) is 0 Å². The summed E-state index contributed by atoms with van der Waals surface area (Å²) in [5.74, 6) is 0.238. The van der Waals surface area contributed by atoms with Gasteiger partial charge in [0.25, 0.3) is 0 Å². The molecule has 1 unspecified atom stereocenters. The Labute approximate surface area is 89.1 Å². The maximum Gasteiger partial charge on any atom is 0.157 e. The topological polar surface area (TPSA) is 80.2 Å². The van der Waals surface area contributed by atoms with Gasteiger partial charge in [-0.3, -0.25) is 0 Å². The van der Waals surface area contributed by atoms with Gasteiger partial charge in [-0.1, -0.05) is 0 Å². The summed E-state index contributed by atoms with van der Waals surface area (Å²) < 4.78 is 22.6. The molecule has 0 aliphatic heterocycles. The highest BCUT2D eigenvalue weighted by Crippen LogP contribution is 2.17. The van der Waals surface area contributed by atoms with E-state index in [9.17, 15) is 8.42 Å². The molecule has 1 N–H and O–H groups in total. The molecule has 1 atom stereocenters. The predicted octanol–water partition coefficient (Wildman–Crippen LogP) is 0.383. The second kappa shape index (κ2) is 4.24. The summed E-state index contributed by atoms with van der Waals surface area (Å²) >= 11 is 0. The minimum atomic E-state index is -3.20. The van der Waals surface area contributed by atoms with Crippen LogP contribution < -0.4 is 0 Å². The molecule has 0 aliphatic rings. The molecule has 0 amide bonds. The number of aliphatic hydroxyl groups is 1. The van der Waals surface area contributed by atoms with Crippen LogP contribution in [-0.4, -0.2) is 29.7 Å². The van der Waals surface area contributed by atoms with Crippen molar-refractivity contribution in [1.29, 1.82) is 0 Å². The summed E-state index contributed by atoms with van der Waals surface area (Å²) in [6, 6.07) is 1.62. The molecule has 1 rings (SSSR count). The van der Waals surface area contributed by atoms with E-state index in [2.05, 4.69) is 9.97 Å². The second-order valence-electron chi connectivity index (χ2n) is 3.49. The Morgan fingerprint density at radius 3 is 2.53 bits per heavy atom. The molecule has 5 nitrogen and oxygen atoms in total. The van der Waals surface area contributed by atoms with Crippen molar-refractivity contribution in [3.05, 3.63) is 23.3 Å². The highest BCUT2D eigenvalue weighted by atomic mass is 32.2. The number of aromatic nitrogens is 2. The fraction of sp³-hybridized carbons (Fsp3) is 0.556. The van der Waals surface area contributed by atoms with Crippen LogP contribution in [0.4, 0.5) is 0 Å². The number of hydrogen-bond acceptors (Lipinski definition) is 5. The minimum absolute atomic E-state index is 0.215. The minimum Gasteiger partial charge on any atom is -0.390 e. The van der Waals surface area contributed by atoms with Crippen LogP contribution in [0.15, 0.2) is 6.07 Å². The quantitative estimate of drug-likeness (QED) is 0.812. The van der Waals surface area contributed by atoms with Crippen LogP contribution in [-0.2, 0) is 16.4 Å². The fourth-order valence-electron chi connectivity index (χ4n) is 1.11. The Morgan fingerprint density at radius 2 is 2.07 bits per heavy atom. The van der Waals surface area contributed by atoms with Gasteiger partial charge in [0.15, 0.2) is 9.84 Å². The van der Waals surface area contributed by atoms with Crippen molar-refractivity contribution >= 4 is 9.84 Å². The van der Waals surface area contributed by atoms with E-state index in [1.165, 1.54) is 6.92 Å². The third-order valence-electron chi connectivity index (χ3n) is 2.09. The van der Waals surface area contributed by atoms with Gasteiger partial charge >= 0.3 is 0 Å². The Kier molecular flexibility index (Phi) is 3.41. The van der Waals surface area contributed by atoms with Gasteiger partial charge in [0.2, 0.25) is 0 Å². The van der Waals surface area contributed by atoms with E-state index in [4.69, 9.17) is 5.11 Å². The van der Waals surface area contributed by atoms with Gasteiger partial charge in [0.05, 0.1) is 12.3 Å². The first kappa shape index (κ1) is 12.1. The van der Waals surface area contributed by atoms with Crippen LogP contribution in [0, 0.1) is 6.92 Å². The van der Waals surface area contributed by atoms with Gasteiger partial charge < -0.3 is 5.11 Å². The number of aliphatic hydroxyl groups excluding tert-OH is 1. The lowest BCUT2D eigenvalue weighted by Gasteiger charge is -2.09. The van der Waals surface area contributed by atoms with Gasteiger partial charge in [-0.05, 0) is 19.9 Å². The molecule has 0 radical (unpaired) electrons. The molecule has 6 heteroatoms. The Balaban J connectivity index is 3.20. The van der Waals surface area contributed by atoms with E-state index >= 15 is 0 Å². The van der Waals surface area contributed by atoms with Crippen molar-refractivity contribution in [2.45, 2.75) is 25.7 Å². The summed E-state index contributed by atoms with van der Waals surface area (Å²) in [6.45, 7) is 3.05. The van der Waals surface area contributed by atoms with Gasteiger partial charge in [-0.25, -0.2) is 18.4 Å². The fourth-order valence-corrected chi connectivity index (χ4v) is 1.60. The van der Waals surface area contributed by atoms with Crippen LogP contribution in [0.2, 0.25) is 0 Å². The third kappa shape index (κ3) is 2.97. The molecule has 0 fully saturated rings. The highest BCUT2D eigenvalue weighted by molar-refractivity contribution is 7.90. The molecule has 0 saturated heterocycles. The lowest BCUT2D eigenvalue weighted by atomic mass is 10.3. The first-order valence-electron chi connectivity index (χ1n) is 4.48. The van der Waals surface area contributed by atoms with E-state index < -0.39 is 15.1 Å². The second-order valence-corrected chi connectivity index (χ2v) is 5.85. The largest absolute Gasteiger partial charge is 0.390 e. The Hall–Kier alpha value is -1.01. The zero-order chi connectivity index (χ0) is 11.6. The van der Waals surface area contributed by atoms with Crippen LogP contribution >= 0.6 is 0 Å². The Bertz CT molecular complexity index is 456. The number of rotatable bonds is 3. The molecular weight excluding hydrogens is 216 g/mol. The molecule has 1 aromatic heterocycles. The maximum atomic E-state index is 11.3. The summed E-state index contributed by atoms with van der Waals surface area (Å²) in [4.78, 5) is 8.02. The van der Waals surface area contributed by atoms with Crippen molar-refractivity contribution in [3.63, 3.8) is 0 Å². The zero-order valence-corrected chi connectivity index (χ0v) is 9.74. The average molecular weight is 230 g/mol. The van der Waals surface area contributed by atoms with Crippen molar-refractivity contribution in [3.8, 4) is 0 Å². The number of aryl methyl sites for hydroxylation is 1. The first-order valence-corrected chi connectivity index (χ1v) is 6.44. The van der Waals surface area contributed by atoms with Gasteiger partial charge in [0, 0.05) is 11.9 Å². The molecule has 0 aliphatic carbocycles. The number of sulfone groups is 1. The standard InChI is InChI=1S/C9H14N2O3S/c1-6-4-8(5-12)11-9(10-6)7(2)15(3,13)14/h4,7,12H,5H2,1-3H3. The molecule has 0 saturated carbocycles. The lowest BCUT2D eigenvalue weighted by Crippen LogP contribution is -2.13. The van der Waals surface area contributed by atoms with Crippen molar-refractivity contribution in [2.75, 3.05) is 6.26 Å². The normalized spacial score (nSPS) is 13.9. The van der Waals surface area contributed by atoms with Crippen LogP contribution in [0.5, 0.6) is 0 Å². The van der Waals surface area contributed by atoms with E-state index in [1.54, 1.807) is 13.0 Å². The smallest absolute Gasteiger partial charge is 0.157 e. The SMILES string of the molecule is Cc1cc(CO)nc(C(C)S(C)(=O)=O)n1. The molecule has 84 valence electrons. The maximum absolute atomic E-state index is 11.3. The van der Waals surface area contributed by atoms with E-state index in [0.717, 1.165) is 6.26 Å².